The Kier molecular flexibility index (Phi) is 5.41. The Morgan fingerprint density at radius 1 is 1.39 bits per heavy atom. The maximum atomic E-state index is 5.84. The van der Waals surface area contributed by atoms with E-state index in [0.29, 0.717) is 5.92 Å². The molecule has 1 saturated heterocycles. The van der Waals surface area contributed by atoms with Crippen LogP contribution in [0.15, 0.2) is 11.6 Å². The second-order valence-corrected chi connectivity index (χ2v) is 5.87. The van der Waals surface area contributed by atoms with Gasteiger partial charge >= 0.3 is 0 Å². The third kappa shape index (κ3) is 3.67. The second kappa shape index (κ2) is 7.07. The first-order valence-corrected chi connectivity index (χ1v) is 7.78. The normalized spacial score (nSPS) is 19.1. The van der Waals surface area contributed by atoms with Crippen molar-refractivity contribution in [1.82, 2.24) is 9.88 Å². The van der Waals surface area contributed by atoms with E-state index >= 15 is 0 Å². The van der Waals surface area contributed by atoms with E-state index in [4.69, 9.17) is 5.73 Å². The highest BCUT2D eigenvalue weighted by molar-refractivity contribution is 7.13. The summed E-state index contributed by atoms with van der Waals surface area (Å²) in [6, 6.07) is 0. The predicted molar refractivity (Wildman–Crippen MR) is 78.2 cm³/mol. The average Bonchev–Trinajstić information content (AvgIpc) is 2.93. The van der Waals surface area contributed by atoms with Gasteiger partial charge in [-0.25, -0.2) is 4.98 Å². The SMILES string of the molecule is CCCC(CN)CN1CCN(c2nccs2)CC1. The molecule has 0 amide bonds. The van der Waals surface area contributed by atoms with Crippen molar-refractivity contribution in [3.8, 4) is 0 Å². The van der Waals surface area contributed by atoms with Gasteiger partial charge in [0, 0.05) is 44.3 Å². The van der Waals surface area contributed by atoms with Gasteiger partial charge in [-0.15, -0.1) is 11.3 Å². The van der Waals surface area contributed by atoms with Gasteiger partial charge in [0.2, 0.25) is 0 Å². The average molecular weight is 268 g/mol. The summed E-state index contributed by atoms with van der Waals surface area (Å²) >= 11 is 1.73. The van der Waals surface area contributed by atoms with Crippen LogP contribution in [0.1, 0.15) is 19.8 Å². The van der Waals surface area contributed by atoms with Crippen molar-refractivity contribution in [2.75, 3.05) is 44.2 Å². The summed E-state index contributed by atoms with van der Waals surface area (Å²) in [5, 5.41) is 3.21. The second-order valence-electron chi connectivity index (χ2n) is 4.99. The standard InChI is InChI=1S/C13H24N4S/c1-2-3-12(10-14)11-16-5-7-17(8-6-16)13-15-4-9-18-13/h4,9,12H,2-3,5-8,10-11,14H2,1H3. The molecule has 2 rings (SSSR count). The van der Waals surface area contributed by atoms with Crippen LogP contribution in [-0.4, -0.2) is 49.2 Å². The highest BCUT2D eigenvalue weighted by Gasteiger charge is 2.20. The zero-order valence-electron chi connectivity index (χ0n) is 11.2. The minimum absolute atomic E-state index is 0.668. The van der Waals surface area contributed by atoms with Gasteiger partial charge < -0.3 is 10.6 Å². The molecule has 1 fully saturated rings. The molecular weight excluding hydrogens is 244 g/mol. The van der Waals surface area contributed by atoms with Crippen molar-refractivity contribution < 1.29 is 0 Å². The number of rotatable bonds is 6. The quantitative estimate of drug-likeness (QED) is 0.852. The molecule has 0 saturated carbocycles. The maximum absolute atomic E-state index is 5.84. The largest absolute Gasteiger partial charge is 0.346 e. The van der Waals surface area contributed by atoms with E-state index in [1.165, 1.54) is 18.0 Å². The third-order valence-electron chi connectivity index (χ3n) is 3.61. The van der Waals surface area contributed by atoms with Crippen LogP contribution in [0.2, 0.25) is 0 Å². The summed E-state index contributed by atoms with van der Waals surface area (Å²) in [6.07, 6.45) is 4.38. The summed E-state index contributed by atoms with van der Waals surface area (Å²) in [4.78, 5) is 9.32. The first-order chi connectivity index (χ1) is 8.83. The Morgan fingerprint density at radius 2 is 2.17 bits per heavy atom. The molecule has 0 aromatic carbocycles. The van der Waals surface area contributed by atoms with Gasteiger partial charge in [0.05, 0.1) is 0 Å². The molecule has 1 unspecified atom stereocenters. The molecule has 18 heavy (non-hydrogen) atoms. The lowest BCUT2D eigenvalue weighted by Crippen LogP contribution is -2.48. The molecule has 102 valence electrons. The Morgan fingerprint density at radius 3 is 2.72 bits per heavy atom. The zero-order valence-corrected chi connectivity index (χ0v) is 12.0. The van der Waals surface area contributed by atoms with Crippen molar-refractivity contribution >= 4 is 16.5 Å². The molecule has 1 aromatic rings. The van der Waals surface area contributed by atoms with Crippen molar-refractivity contribution in [1.29, 1.82) is 0 Å². The van der Waals surface area contributed by atoms with Crippen LogP contribution < -0.4 is 10.6 Å². The number of nitrogens with zero attached hydrogens (tertiary/aromatic N) is 3. The van der Waals surface area contributed by atoms with E-state index in [0.717, 1.165) is 39.3 Å². The van der Waals surface area contributed by atoms with E-state index in [2.05, 4.69) is 21.7 Å². The Balaban J connectivity index is 1.76. The first kappa shape index (κ1) is 13.8. The smallest absolute Gasteiger partial charge is 0.185 e. The number of aromatic nitrogens is 1. The fraction of sp³-hybridized carbons (Fsp3) is 0.769. The highest BCUT2D eigenvalue weighted by Crippen LogP contribution is 2.19. The van der Waals surface area contributed by atoms with Gasteiger partial charge in [-0.05, 0) is 18.9 Å². The molecule has 0 radical (unpaired) electrons. The molecule has 1 aliphatic heterocycles. The van der Waals surface area contributed by atoms with Crippen molar-refractivity contribution in [2.45, 2.75) is 19.8 Å². The van der Waals surface area contributed by atoms with Crippen LogP contribution in [0.4, 0.5) is 5.13 Å². The van der Waals surface area contributed by atoms with E-state index in [1.54, 1.807) is 11.3 Å². The van der Waals surface area contributed by atoms with E-state index in [1.807, 2.05) is 11.6 Å². The number of anilines is 1. The van der Waals surface area contributed by atoms with Gasteiger partial charge in [-0.1, -0.05) is 13.3 Å². The van der Waals surface area contributed by atoms with Crippen molar-refractivity contribution in [2.24, 2.45) is 11.7 Å². The molecular formula is C13H24N4S. The highest BCUT2D eigenvalue weighted by atomic mass is 32.1. The van der Waals surface area contributed by atoms with E-state index in [-0.39, 0.29) is 0 Å². The lowest BCUT2D eigenvalue weighted by atomic mass is 10.0. The monoisotopic (exact) mass is 268 g/mol. The van der Waals surface area contributed by atoms with Gasteiger partial charge in [-0.3, -0.25) is 4.90 Å². The molecule has 0 bridgehead atoms. The molecule has 2 heterocycles. The van der Waals surface area contributed by atoms with Crippen LogP contribution in [-0.2, 0) is 0 Å². The third-order valence-corrected chi connectivity index (χ3v) is 4.44. The predicted octanol–water partition coefficient (Wildman–Crippen LogP) is 1.64. The number of nitrogens with two attached hydrogens (primary N) is 1. The number of hydrogen-bond donors (Lipinski definition) is 1. The molecule has 0 aliphatic carbocycles. The van der Waals surface area contributed by atoms with E-state index < -0.39 is 0 Å². The van der Waals surface area contributed by atoms with Gasteiger partial charge in [0.25, 0.3) is 0 Å². The summed E-state index contributed by atoms with van der Waals surface area (Å²) < 4.78 is 0. The Hall–Kier alpha value is -0.650. The fourth-order valence-electron chi connectivity index (χ4n) is 2.55. The van der Waals surface area contributed by atoms with Crippen LogP contribution >= 0.6 is 11.3 Å². The summed E-state index contributed by atoms with van der Waals surface area (Å²) in [5.41, 5.74) is 5.84. The minimum Gasteiger partial charge on any atom is -0.346 e. The minimum atomic E-state index is 0.668. The molecule has 5 heteroatoms. The lowest BCUT2D eigenvalue weighted by Gasteiger charge is -2.36. The molecule has 1 atom stereocenters. The number of thiazole rings is 1. The van der Waals surface area contributed by atoms with Gasteiger partial charge in [0.1, 0.15) is 0 Å². The maximum Gasteiger partial charge on any atom is 0.185 e. The van der Waals surface area contributed by atoms with E-state index in [9.17, 15) is 0 Å². The van der Waals surface area contributed by atoms with Crippen LogP contribution in [0.5, 0.6) is 0 Å². The van der Waals surface area contributed by atoms with Crippen molar-refractivity contribution in [3.05, 3.63) is 11.6 Å². The first-order valence-electron chi connectivity index (χ1n) is 6.90. The van der Waals surface area contributed by atoms with Gasteiger partial charge in [-0.2, -0.15) is 0 Å². The molecule has 0 spiro atoms. The summed E-state index contributed by atoms with van der Waals surface area (Å²) in [5.74, 6) is 0.668. The molecule has 4 nitrogen and oxygen atoms in total. The summed E-state index contributed by atoms with van der Waals surface area (Å²) in [6.45, 7) is 8.69. The number of hydrogen-bond acceptors (Lipinski definition) is 5. The molecule has 1 aromatic heterocycles. The molecule has 1 aliphatic rings. The lowest BCUT2D eigenvalue weighted by molar-refractivity contribution is 0.214. The topological polar surface area (TPSA) is 45.4 Å². The van der Waals surface area contributed by atoms with Gasteiger partial charge in [0.15, 0.2) is 5.13 Å². The number of piperazine rings is 1. The Bertz CT molecular complexity index is 320. The van der Waals surface area contributed by atoms with Crippen LogP contribution in [0.3, 0.4) is 0 Å². The fourth-order valence-corrected chi connectivity index (χ4v) is 3.25. The zero-order chi connectivity index (χ0) is 12.8. The van der Waals surface area contributed by atoms with Crippen LogP contribution in [0.25, 0.3) is 0 Å². The van der Waals surface area contributed by atoms with Crippen LogP contribution in [0, 0.1) is 5.92 Å². The van der Waals surface area contributed by atoms with Crippen molar-refractivity contribution in [3.63, 3.8) is 0 Å². The molecule has 2 N–H and O–H groups in total. The summed E-state index contributed by atoms with van der Waals surface area (Å²) in [7, 11) is 0. The Labute approximate surface area is 114 Å².